The van der Waals surface area contributed by atoms with Gasteiger partial charge in [0, 0.05) is 31.6 Å². The van der Waals surface area contributed by atoms with Crippen molar-refractivity contribution in [3.05, 3.63) is 29.6 Å². The Morgan fingerprint density at radius 2 is 2.12 bits per heavy atom. The van der Waals surface area contributed by atoms with Crippen LogP contribution in [0.2, 0.25) is 0 Å². The molecule has 2 N–H and O–H groups in total. The van der Waals surface area contributed by atoms with Gasteiger partial charge in [-0.2, -0.15) is 0 Å². The number of aryl methyl sites for hydroxylation is 1. The smallest absolute Gasteiger partial charge is 0.251 e. The standard InChI is InChI=1S/C19H26N4O2/c1-23-17-9-8-14(19(25)20-10-5-11-24)12-16(17)22-18(23)13-21-15-6-3-2-4-7-15/h8-9,11-12,15,21H,2-7,10,13H2,1H3,(H,20,25). The highest BCUT2D eigenvalue weighted by atomic mass is 16.1. The fourth-order valence-electron chi connectivity index (χ4n) is 3.44. The van der Waals surface area contributed by atoms with Gasteiger partial charge in [0.1, 0.15) is 12.1 Å². The molecule has 6 nitrogen and oxygen atoms in total. The number of nitrogens with zero attached hydrogens (tertiary/aromatic N) is 2. The number of aromatic nitrogens is 2. The van der Waals surface area contributed by atoms with E-state index in [1.165, 1.54) is 32.1 Å². The van der Waals surface area contributed by atoms with Crippen LogP contribution in [0.25, 0.3) is 11.0 Å². The number of imidazole rings is 1. The van der Waals surface area contributed by atoms with E-state index in [0.29, 0.717) is 24.6 Å². The summed E-state index contributed by atoms with van der Waals surface area (Å²) in [5.74, 6) is 0.815. The van der Waals surface area contributed by atoms with E-state index in [1.807, 2.05) is 19.2 Å². The third kappa shape index (κ3) is 4.25. The first kappa shape index (κ1) is 17.6. The molecule has 1 fully saturated rings. The van der Waals surface area contributed by atoms with E-state index in [1.54, 1.807) is 6.07 Å². The number of hydrogen-bond donors (Lipinski definition) is 2. The van der Waals surface area contributed by atoms with Crippen molar-refractivity contribution < 1.29 is 9.59 Å². The lowest BCUT2D eigenvalue weighted by molar-refractivity contribution is -0.107. The molecule has 0 unspecified atom stereocenters. The minimum absolute atomic E-state index is 0.170. The number of hydrogen-bond acceptors (Lipinski definition) is 4. The number of fused-ring (bicyclic) bond motifs is 1. The summed E-state index contributed by atoms with van der Waals surface area (Å²) >= 11 is 0. The highest BCUT2D eigenvalue weighted by Crippen LogP contribution is 2.20. The van der Waals surface area contributed by atoms with Crippen LogP contribution >= 0.6 is 0 Å². The predicted octanol–water partition coefficient (Wildman–Crippen LogP) is 2.31. The third-order valence-electron chi connectivity index (χ3n) is 4.94. The second-order valence-electron chi connectivity index (χ2n) is 6.72. The Bertz CT molecular complexity index is 747. The molecule has 1 aromatic heterocycles. The molecule has 0 spiro atoms. The summed E-state index contributed by atoms with van der Waals surface area (Å²) in [7, 11) is 2.01. The van der Waals surface area contributed by atoms with E-state index in [2.05, 4.69) is 15.2 Å². The van der Waals surface area contributed by atoms with E-state index < -0.39 is 0 Å². The van der Waals surface area contributed by atoms with E-state index in [0.717, 1.165) is 29.7 Å². The maximum absolute atomic E-state index is 12.1. The summed E-state index contributed by atoms with van der Waals surface area (Å²) in [6, 6.07) is 6.14. The zero-order valence-electron chi connectivity index (χ0n) is 14.8. The van der Waals surface area contributed by atoms with E-state index in [4.69, 9.17) is 4.98 Å². The highest BCUT2D eigenvalue weighted by molar-refractivity contribution is 5.97. The molecule has 0 atom stereocenters. The van der Waals surface area contributed by atoms with Crippen LogP contribution < -0.4 is 10.6 Å². The van der Waals surface area contributed by atoms with Crippen molar-refractivity contribution in [2.24, 2.45) is 7.05 Å². The van der Waals surface area contributed by atoms with Crippen molar-refractivity contribution in [3.8, 4) is 0 Å². The highest BCUT2D eigenvalue weighted by Gasteiger charge is 2.15. The van der Waals surface area contributed by atoms with Gasteiger partial charge in [-0.3, -0.25) is 4.79 Å². The quantitative estimate of drug-likeness (QED) is 0.598. The van der Waals surface area contributed by atoms with Crippen molar-refractivity contribution in [1.29, 1.82) is 0 Å². The molecule has 1 amide bonds. The fraction of sp³-hybridized carbons (Fsp3) is 0.526. The molecule has 25 heavy (non-hydrogen) atoms. The van der Waals surface area contributed by atoms with Crippen LogP contribution in [0.3, 0.4) is 0 Å². The third-order valence-corrected chi connectivity index (χ3v) is 4.94. The summed E-state index contributed by atoms with van der Waals surface area (Å²) < 4.78 is 2.08. The number of rotatable bonds is 7. The van der Waals surface area contributed by atoms with Gasteiger partial charge in [-0.15, -0.1) is 0 Å². The molecule has 134 valence electrons. The van der Waals surface area contributed by atoms with E-state index >= 15 is 0 Å². The average Bonchev–Trinajstić information content (AvgIpc) is 2.96. The largest absolute Gasteiger partial charge is 0.352 e. The van der Waals surface area contributed by atoms with Crippen LogP contribution in [-0.2, 0) is 18.4 Å². The van der Waals surface area contributed by atoms with E-state index in [9.17, 15) is 9.59 Å². The van der Waals surface area contributed by atoms with Crippen molar-refractivity contribution in [2.75, 3.05) is 6.54 Å². The molecule has 0 bridgehead atoms. The van der Waals surface area contributed by atoms with Crippen LogP contribution in [-0.4, -0.2) is 34.3 Å². The Morgan fingerprint density at radius 1 is 1.32 bits per heavy atom. The minimum Gasteiger partial charge on any atom is -0.352 e. The zero-order valence-corrected chi connectivity index (χ0v) is 14.8. The van der Waals surface area contributed by atoms with Gasteiger partial charge in [-0.05, 0) is 31.0 Å². The Morgan fingerprint density at radius 3 is 2.88 bits per heavy atom. The Hall–Kier alpha value is -2.21. The molecule has 1 aliphatic rings. The van der Waals surface area contributed by atoms with Crippen LogP contribution in [0.15, 0.2) is 18.2 Å². The van der Waals surface area contributed by atoms with Gasteiger partial charge in [0.15, 0.2) is 0 Å². The molecule has 1 aliphatic carbocycles. The second-order valence-corrected chi connectivity index (χ2v) is 6.72. The normalized spacial score (nSPS) is 15.4. The van der Waals surface area contributed by atoms with Crippen LogP contribution in [0.1, 0.15) is 54.7 Å². The maximum Gasteiger partial charge on any atom is 0.251 e. The van der Waals surface area contributed by atoms with Crippen molar-refractivity contribution >= 4 is 23.2 Å². The molecule has 6 heteroatoms. The summed E-state index contributed by atoms with van der Waals surface area (Å²) in [5.41, 5.74) is 2.42. The molecular formula is C19H26N4O2. The van der Waals surface area contributed by atoms with Gasteiger partial charge in [0.25, 0.3) is 5.91 Å². The van der Waals surface area contributed by atoms with Gasteiger partial charge in [-0.25, -0.2) is 4.98 Å². The molecule has 1 aromatic carbocycles. The summed E-state index contributed by atoms with van der Waals surface area (Å²) in [6.45, 7) is 1.11. The number of amides is 1. The summed E-state index contributed by atoms with van der Waals surface area (Å²) in [5, 5.41) is 6.35. The Balaban J connectivity index is 1.69. The molecule has 0 radical (unpaired) electrons. The Labute approximate surface area is 148 Å². The predicted molar refractivity (Wildman–Crippen MR) is 97.4 cm³/mol. The SMILES string of the molecule is Cn1c(CNC2CCCCC2)nc2cc(C(=O)NCCC=O)ccc21. The first-order valence-electron chi connectivity index (χ1n) is 9.09. The fourth-order valence-corrected chi connectivity index (χ4v) is 3.44. The van der Waals surface area contributed by atoms with Gasteiger partial charge >= 0.3 is 0 Å². The van der Waals surface area contributed by atoms with Gasteiger partial charge < -0.3 is 20.0 Å². The maximum atomic E-state index is 12.1. The van der Waals surface area contributed by atoms with Crippen molar-refractivity contribution in [2.45, 2.75) is 51.1 Å². The van der Waals surface area contributed by atoms with E-state index in [-0.39, 0.29) is 5.91 Å². The molecule has 1 heterocycles. The van der Waals surface area contributed by atoms with Gasteiger partial charge in [0.2, 0.25) is 0 Å². The number of carbonyl (C=O) groups excluding carboxylic acids is 2. The molecular weight excluding hydrogens is 316 g/mol. The number of carbonyl (C=O) groups is 2. The minimum atomic E-state index is -0.170. The average molecular weight is 342 g/mol. The monoisotopic (exact) mass is 342 g/mol. The number of aldehydes is 1. The van der Waals surface area contributed by atoms with Crippen LogP contribution in [0.5, 0.6) is 0 Å². The number of benzene rings is 1. The molecule has 1 saturated carbocycles. The van der Waals surface area contributed by atoms with Crippen molar-refractivity contribution in [1.82, 2.24) is 20.2 Å². The van der Waals surface area contributed by atoms with Gasteiger partial charge in [-0.1, -0.05) is 19.3 Å². The second kappa shape index (κ2) is 8.25. The zero-order chi connectivity index (χ0) is 17.6. The lowest BCUT2D eigenvalue weighted by atomic mass is 9.95. The first-order valence-corrected chi connectivity index (χ1v) is 9.09. The first-order chi connectivity index (χ1) is 12.2. The molecule has 2 aromatic rings. The lowest BCUT2D eigenvalue weighted by Crippen LogP contribution is -2.31. The molecule has 0 saturated heterocycles. The van der Waals surface area contributed by atoms with Crippen LogP contribution in [0, 0.1) is 0 Å². The van der Waals surface area contributed by atoms with Crippen molar-refractivity contribution in [3.63, 3.8) is 0 Å². The summed E-state index contributed by atoms with van der Waals surface area (Å²) in [4.78, 5) is 27.2. The lowest BCUT2D eigenvalue weighted by Gasteiger charge is -2.22. The summed E-state index contributed by atoms with van der Waals surface area (Å²) in [6.07, 6.45) is 7.58. The Kier molecular flexibility index (Phi) is 5.81. The molecule has 0 aliphatic heterocycles. The number of nitrogens with one attached hydrogen (secondary N) is 2. The van der Waals surface area contributed by atoms with Gasteiger partial charge in [0.05, 0.1) is 17.6 Å². The molecule has 3 rings (SSSR count). The topological polar surface area (TPSA) is 76.0 Å². The van der Waals surface area contributed by atoms with Crippen LogP contribution in [0.4, 0.5) is 0 Å².